The first-order valence-corrected chi connectivity index (χ1v) is 7.08. The van der Waals surface area contributed by atoms with Gasteiger partial charge in [0.25, 0.3) is 0 Å². The zero-order valence-corrected chi connectivity index (χ0v) is 12.6. The Morgan fingerprint density at radius 3 is 2.52 bits per heavy atom. The summed E-state index contributed by atoms with van der Waals surface area (Å²) in [4.78, 5) is 13.0. The Kier molecular flexibility index (Phi) is 7.27. The second-order valence-electron chi connectivity index (χ2n) is 5.28. The van der Waals surface area contributed by atoms with E-state index in [4.69, 9.17) is 15.1 Å². The van der Waals surface area contributed by atoms with E-state index >= 15 is 0 Å². The van der Waals surface area contributed by atoms with Gasteiger partial charge in [-0.25, -0.2) is 4.79 Å². The minimum absolute atomic E-state index is 0.248. The second-order valence-corrected chi connectivity index (χ2v) is 5.28. The Morgan fingerprint density at radius 2 is 2.00 bits per heavy atom. The summed E-state index contributed by atoms with van der Waals surface area (Å²) in [6.45, 7) is 7.24. The molecule has 0 amide bonds. The molecule has 21 heavy (non-hydrogen) atoms. The molecule has 0 aliphatic heterocycles. The molecule has 0 aliphatic carbocycles. The molecule has 5 nitrogen and oxygen atoms in total. The van der Waals surface area contributed by atoms with Crippen LogP contribution in [0, 0.1) is 17.2 Å². The number of rotatable bonds is 9. The highest BCUT2D eigenvalue weighted by molar-refractivity contribution is 5.87. The smallest absolute Gasteiger partial charge is 0.335 e. The van der Waals surface area contributed by atoms with Crippen LogP contribution >= 0.6 is 0 Å². The van der Waals surface area contributed by atoms with Crippen molar-refractivity contribution < 1.29 is 14.6 Å². The summed E-state index contributed by atoms with van der Waals surface area (Å²) in [6.07, 6.45) is 0.514. The van der Waals surface area contributed by atoms with Crippen LogP contribution < -0.4 is 4.74 Å². The fourth-order valence-electron chi connectivity index (χ4n) is 2.01. The highest BCUT2D eigenvalue weighted by atomic mass is 16.5. The zero-order valence-electron chi connectivity index (χ0n) is 12.6. The van der Waals surface area contributed by atoms with Crippen molar-refractivity contribution >= 4 is 5.97 Å². The second kappa shape index (κ2) is 8.98. The van der Waals surface area contributed by atoms with E-state index < -0.39 is 5.97 Å². The number of carbonyl (C=O) groups is 1. The molecule has 114 valence electrons. The highest BCUT2D eigenvalue weighted by Crippen LogP contribution is 2.12. The third-order valence-corrected chi connectivity index (χ3v) is 2.94. The van der Waals surface area contributed by atoms with Gasteiger partial charge in [-0.2, -0.15) is 5.26 Å². The van der Waals surface area contributed by atoms with E-state index in [9.17, 15) is 4.79 Å². The molecular formula is C16H22N2O3. The van der Waals surface area contributed by atoms with Gasteiger partial charge in [0.2, 0.25) is 0 Å². The monoisotopic (exact) mass is 290 g/mol. The van der Waals surface area contributed by atoms with E-state index in [1.165, 1.54) is 12.1 Å². The largest absolute Gasteiger partial charge is 0.492 e. The average molecular weight is 290 g/mol. The summed E-state index contributed by atoms with van der Waals surface area (Å²) in [5.74, 6) is 0.254. The molecule has 5 heteroatoms. The standard InChI is InChI=1S/C16H22N2O3/c1-13(2)12-18(9-3-8-17)10-11-21-15-6-4-14(5-7-15)16(19)20/h4-7,13H,3,9-12H2,1-2H3,(H,19,20). The summed E-state index contributed by atoms with van der Waals surface area (Å²) < 4.78 is 5.62. The van der Waals surface area contributed by atoms with Crippen LogP contribution in [0.4, 0.5) is 0 Å². The van der Waals surface area contributed by atoms with Gasteiger partial charge in [-0.1, -0.05) is 13.8 Å². The number of nitrogens with zero attached hydrogens (tertiary/aromatic N) is 2. The molecule has 0 spiro atoms. The van der Waals surface area contributed by atoms with Crippen molar-refractivity contribution in [3.8, 4) is 11.8 Å². The van der Waals surface area contributed by atoms with Crippen molar-refractivity contribution in [1.29, 1.82) is 5.26 Å². The summed E-state index contributed by atoms with van der Waals surface area (Å²) >= 11 is 0. The number of benzene rings is 1. The maximum Gasteiger partial charge on any atom is 0.335 e. The first-order chi connectivity index (χ1) is 10.0. The summed E-state index contributed by atoms with van der Waals surface area (Å²) in [5.41, 5.74) is 0.248. The van der Waals surface area contributed by atoms with Crippen LogP contribution in [0.1, 0.15) is 30.6 Å². The maximum atomic E-state index is 10.7. The lowest BCUT2D eigenvalue weighted by Gasteiger charge is -2.23. The minimum Gasteiger partial charge on any atom is -0.492 e. The van der Waals surface area contributed by atoms with Crippen LogP contribution in [0.5, 0.6) is 5.75 Å². The van der Waals surface area contributed by atoms with Crippen LogP contribution in [0.2, 0.25) is 0 Å². The number of ether oxygens (including phenoxy) is 1. The first-order valence-electron chi connectivity index (χ1n) is 7.08. The molecule has 1 aromatic carbocycles. The van der Waals surface area contributed by atoms with E-state index in [1.807, 2.05) is 0 Å². The van der Waals surface area contributed by atoms with Gasteiger partial charge in [-0.15, -0.1) is 0 Å². The Balaban J connectivity index is 2.42. The Morgan fingerprint density at radius 1 is 1.33 bits per heavy atom. The fraction of sp³-hybridized carbons (Fsp3) is 0.500. The molecule has 1 aromatic rings. The summed E-state index contributed by atoms with van der Waals surface area (Å²) in [7, 11) is 0. The molecule has 0 unspecified atom stereocenters. The predicted molar refractivity (Wildman–Crippen MR) is 80.4 cm³/mol. The lowest BCUT2D eigenvalue weighted by Crippen LogP contribution is -2.32. The molecule has 0 saturated carbocycles. The molecular weight excluding hydrogens is 268 g/mol. The first kappa shape index (κ1) is 17.0. The molecule has 1 N–H and O–H groups in total. The third kappa shape index (κ3) is 6.77. The molecule has 0 aliphatic rings. The minimum atomic E-state index is -0.943. The number of carboxylic acid groups (broad SMARTS) is 1. The highest BCUT2D eigenvalue weighted by Gasteiger charge is 2.07. The zero-order chi connectivity index (χ0) is 15.7. The van der Waals surface area contributed by atoms with Crippen molar-refractivity contribution in [2.75, 3.05) is 26.2 Å². The molecule has 0 fully saturated rings. The number of hydrogen-bond donors (Lipinski definition) is 1. The van der Waals surface area contributed by atoms with E-state index in [-0.39, 0.29) is 5.56 Å². The molecule has 0 atom stereocenters. The van der Waals surface area contributed by atoms with Crippen LogP contribution in [0.25, 0.3) is 0 Å². The van der Waals surface area contributed by atoms with E-state index in [0.29, 0.717) is 24.7 Å². The number of hydrogen-bond acceptors (Lipinski definition) is 4. The third-order valence-electron chi connectivity index (χ3n) is 2.94. The van der Waals surface area contributed by atoms with Crippen LogP contribution in [0.15, 0.2) is 24.3 Å². The van der Waals surface area contributed by atoms with Gasteiger partial charge in [0.1, 0.15) is 12.4 Å². The molecule has 0 saturated heterocycles. The van der Waals surface area contributed by atoms with Gasteiger partial charge in [-0.3, -0.25) is 4.90 Å². The van der Waals surface area contributed by atoms with Gasteiger partial charge in [-0.05, 0) is 30.2 Å². The molecule has 0 radical (unpaired) electrons. The van der Waals surface area contributed by atoms with E-state index in [2.05, 4.69) is 24.8 Å². The Bertz CT molecular complexity index is 477. The van der Waals surface area contributed by atoms with Crippen molar-refractivity contribution in [2.45, 2.75) is 20.3 Å². The van der Waals surface area contributed by atoms with Crippen molar-refractivity contribution in [2.24, 2.45) is 5.92 Å². The fourth-order valence-corrected chi connectivity index (χ4v) is 2.01. The molecule has 0 bridgehead atoms. The van der Waals surface area contributed by atoms with Gasteiger partial charge in [0.05, 0.1) is 11.6 Å². The number of carboxylic acids is 1. The summed E-state index contributed by atoms with van der Waals surface area (Å²) in [5, 5.41) is 17.5. The normalized spacial score (nSPS) is 10.6. The summed E-state index contributed by atoms with van der Waals surface area (Å²) in [6, 6.07) is 8.53. The topological polar surface area (TPSA) is 73.6 Å². The quantitative estimate of drug-likeness (QED) is 0.757. The van der Waals surface area contributed by atoms with Crippen LogP contribution in [-0.4, -0.2) is 42.2 Å². The van der Waals surface area contributed by atoms with Gasteiger partial charge in [0.15, 0.2) is 0 Å². The van der Waals surface area contributed by atoms with Crippen molar-refractivity contribution in [1.82, 2.24) is 4.90 Å². The lowest BCUT2D eigenvalue weighted by atomic mass is 10.2. The number of nitriles is 1. The molecule has 0 heterocycles. The van der Waals surface area contributed by atoms with Crippen molar-refractivity contribution in [3.05, 3.63) is 29.8 Å². The van der Waals surface area contributed by atoms with Crippen LogP contribution in [-0.2, 0) is 0 Å². The van der Waals surface area contributed by atoms with E-state index in [0.717, 1.165) is 19.6 Å². The predicted octanol–water partition coefficient (Wildman–Crippen LogP) is 2.64. The van der Waals surface area contributed by atoms with Crippen LogP contribution in [0.3, 0.4) is 0 Å². The number of aromatic carboxylic acids is 1. The lowest BCUT2D eigenvalue weighted by molar-refractivity contribution is 0.0697. The average Bonchev–Trinajstić information content (AvgIpc) is 2.44. The van der Waals surface area contributed by atoms with Gasteiger partial charge in [0, 0.05) is 26.1 Å². The van der Waals surface area contributed by atoms with Gasteiger partial charge < -0.3 is 9.84 Å². The Hall–Kier alpha value is -2.06. The molecule has 1 rings (SSSR count). The maximum absolute atomic E-state index is 10.7. The van der Waals surface area contributed by atoms with Gasteiger partial charge >= 0.3 is 5.97 Å². The SMILES string of the molecule is CC(C)CN(CCC#N)CCOc1ccc(C(=O)O)cc1. The Labute approximate surface area is 125 Å². The van der Waals surface area contributed by atoms with E-state index in [1.54, 1.807) is 12.1 Å². The van der Waals surface area contributed by atoms with Crippen molar-refractivity contribution in [3.63, 3.8) is 0 Å². The molecule has 0 aromatic heterocycles.